The number of carbonyl (C=O) groups is 2. The predicted molar refractivity (Wildman–Crippen MR) is 146 cm³/mol. The summed E-state index contributed by atoms with van der Waals surface area (Å²) in [5, 5.41) is 8.25. The molecule has 5 rings (SSSR count). The van der Waals surface area contributed by atoms with Crippen LogP contribution in [0.1, 0.15) is 45.8 Å². The van der Waals surface area contributed by atoms with Gasteiger partial charge in [-0.2, -0.15) is 0 Å². The van der Waals surface area contributed by atoms with Gasteiger partial charge in [0.05, 0.1) is 5.71 Å². The second kappa shape index (κ2) is 9.91. The van der Waals surface area contributed by atoms with Crippen LogP contribution in [0.15, 0.2) is 83.3 Å². The zero-order valence-electron chi connectivity index (χ0n) is 20.4. The number of carbonyl (C=O) groups excluding carboxylic acids is 2. The molecule has 180 valence electrons. The molecule has 0 saturated heterocycles. The summed E-state index contributed by atoms with van der Waals surface area (Å²) in [4.78, 5) is 31.0. The van der Waals surface area contributed by atoms with E-state index in [-0.39, 0.29) is 5.78 Å². The first-order valence-electron chi connectivity index (χ1n) is 11.9. The Balaban J connectivity index is 1.66. The topological polar surface area (TPSA) is 60.7 Å². The molecule has 0 fully saturated rings. The molecule has 0 aliphatic rings. The fourth-order valence-electron chi connectivity index (χ4n) is 4.63. The van der Waals surface area contributed by atoms with Gasteiger partial charge in [-0.25, -0.2) is 4.79 Å². The molecule has 5 aromatic rings. The van der Waals surface area contributed by atoms with Crippen LogP contribution in [0.4, 0.5) is 0 Å². The molecule has 2 heterocycles. The summed E-state index contributed by atoms with van der Waals surface area (Å²) in [6.45, 7) is 6.22. The van der Waals surface area contributed by atoms with Crippen molar-refractivity contribution >= 4 is 50.6 Å². The molecule has 0 aliphatic carbocycles. The van der Waals surface area contributed by atoms with Gasteiger partial charge in [-0.1, -0.05) is 41.6 Å². The Labute approximate surface area is 213 Å². The maximum Gasteiger partial charge on any atom is 0.331 e. The molecule has 2 aromatic heterocycles. The maximum absolute atomic E-state index is 13.4. The average Bonchev–Trinajstić information content (AvgIpc) is 3.51. The van der Waals surface area contributed by atoms with Crippen LogP contribution in [0, 0.1) is 6.92 Å². The number of fused-ring (bicyclic) bond motifs is 3. The summed E-state index contributed by atoms with van der Waals surface area (Å²) in [6.07, 6.45) is 0.555. The van der Waals surface area contributed by atoms with Crippen molar-refractivity contribution in [3.05, 3.63) is 105 Å². The lowest BCUT2D eigenvalue weighted by Crippen LogP contribution is -2.07. The molecule has 0 amide bonds. The van der Waals surface area contributed by atoms with E-state index in [1.165, 1.54) is 6.92 Å². The molecule has 0 unspecified atom stereocenters. The summed E-state index contributed by atoms with van der Waals surface area (Å²) in [5.74, 6) is -0.444. The third-order valence-electron chi connectivity index (χ3n) is 6.37. The van der Waals surface area contributed by atoms with Crippen LogP contribution in [0.3, 0.4) is 0 Å². The van der Waals surface area contributed by atoms with Gasteiger partial charge in [-0.15, -0.1) is 11.3 Å². The number of ketones is 1. The van der Waals surface area contributed by atoms with Crippen LogP contribution in [-0.2, 0) is 22.6 Å². The third kappa shape index (κ3) is 4.48. The van der Waals surface area contributed by atoms with Crippen LogP contribution in [-0.4, -0.2) is 22.0 Å². The summed E-state index contributed by atoms with van der Waals surface area (Å²) in [6, 6.07) is 23.8. The first-order chi connectivity index (χ1) is 17.5. The molecule has 6 heteroatoms. The number of thiophene rings is 1. The summed E-state index contributed by atoms with van der Waals surface area (Å²) >= 11 is 1.64. The molecule has 0 N–H and O–H groups in total. The van der Waals surface area contributed by atoms with Gasteiger partial charge in [0.1, 0.15) is 0 Å². The van der Waals surface area contributed by atoms with Crippen molar-refractivity contribution in [2.75, 3.05) is 0 Å². The SMILES string of the molecule is CCn1c2ccc(C(=O)c3ccccc3C)cc2c2cc(C(Cc3cccs3)=NOC(C)=O)ccc21. The molecule has 3 aromatic carbocycles. The highest BCUT2D eigenvalue weighted by molar-refractivity contribution is 7.10. The highest BCUT2D eigenvalue weighted by Crippen LogP contribution is 2.32. The minimum Gasteiger partial charge on any atom is -0.341 e. The average molecular weight is 495 g/mol. The summed E-state index contributed by atoms with van der Waals surface area (Å²) < 4.78 is 2.25. The van der Waals surface area contributed by atoms with Crippen molar-refractivity contribution in [3.63, 3.8) is 0 Å². The van der Waals surface area contributed by atoms with Gasteiger partial charge in [0.25, 0.3) is 0 Å². The van der Waals surface area contributed by atoms with E-state index >= 15 is 0 Å². The van der Waals surface area contributed by atoms with Gasteiger partial charge in [0, 0.05) is 63.3 Å². The monoisotopic (exact) mass is 494 g/mol. The lowest BCUT2D eigenvalue weighted by molar-refractivity contribution is -0.140. The number of oxime groups is 1. The van der Waals surface area contributed by atoms with Crippen molar-refractivity contribution in [1.29, 1.82) is 0 Å². The molecule has 0 spiro atoms. The molecule has 36 heavy (non-hydrogen) atoms. The quantitative estimate of drug-likeness (QED) is 0.107. The fourth-order valence-corrected chi connectivity index (χ4v) is 5.34. The van der Waals surface area contributed by atoms with Crippen molar-refractivity contribution in [3.8, 4) is 0 Å². The Kier molecular flexibility index (Phi) is 6.53. The van der Waals surface area contributed by atoms with Gasteiger partial charge < -0.3 is 9.40 Å². The minimum absolute atomic E-state index is 0.0124. The first kappa shape index (κ1) is 23.7. The number of nitrogens with zero attached hydrogens (tertiary/aromatic N) is 2. The Morgan fingerprint density at radius 3 is 2.25 bits per heavy atom. The van der Waals surface area contributed by atoms with Crippen molar-refractivity contribution < 1.29 is 14.4 Å². The summed E-state index contributed by atoms with van der Waals surface area (Å²) in [5.41, 5.74) is 6.04. The second-order valence-electron chi connectivity index (χ2n) is 8.73. The zero-order chi connectivity index (χ0) is 25.2. The van der Waals surface area contributed by atoms with Crippen molar-refractivity contribution in [1.82, 2.24) is 4.57 Å². The Morgan fingerprint density at radius 2 is 1.61 bits per heavy atom. The largest absolute Gasteiger partial charge is 0.341 e. The molecule has 0 aliphatic heterocycles. The highest BCUT2D eigenvalue weighted by Gasteiger charge is 2.17. The van der Waals surface area contributed by atoms with Gasteiger partial charge in [-0.3, -0.25) is 4.79 Å². The number of hydrogen-bond acceptors (Lipinski definition) is 5. The first-order valence-corrected chi connectivity index (χ1v) is 12.8. The van der Waals surface area contributed by atoms with E-state index in [4.69, 9.17) is 4.84 Å². The molecule has 0 atom stereocenters. The standard InChI is InChI=1S/C30H26N2O3S/c1-4-32-28-13-11-21(27(31-35-20(3)33)18-23-9-7-15-36-23)16-25(28)26-17-22(12-14-29(26)32)30(34)24-10-6-5-8-19(24)2/h5-17H,4,18H2,1-3H3. The van der Waals surface area contributed by atoms with E-state index in [9.17, 15) is 9.59 Å². The molecule has 0 radical (unpaired) electrons. The van der Waals surface area contributed by atoms with Crippen molar-refractivity contribution in [2.24, 2.45) is 5.16 Å². The van der Waals surface area contributed by atoms with E-state index < -0.39 is 5.97 Å². The van der Waals surface area contributed by atoms with E-state index in [1.807, 2.05) is 73.0 Å². The van der Waals surface area contributed by atoms with Crippen LogP contribution in [0.25, 0.3) is 21.8 Å². The van der Waals surface area contributed by atoms with Gasteiger partial charge in [0.2, 0.25) is 0 Å². The van der Waals surface area contributed by atoms with E-state index in [2.05, 4.69) is 28.8 Å². The minimum atomic E-state index is -0.457. The third-order valence-corrected chi connectivity index (χ3v) is 7.25. The fraction of sp³-hybridized carbons (Fsp3) is 0.167. The molecular formula is C30H26N2O3S. The Morgan fingerprint density at radius 1 is 0.917 bits per heavy atom. The van der Waals surface area contributed by atoms with E-state index in [1.54, 1.807) is 11.3 Å². The lowest BCUT2D eigenvalue weighted by atomic mass is 9.97. The maximum atomic E-state index is 13.4. The second-order valence-corrected chi connectivity index (χ2v) is 9.76. The normalized spacial score (nSPS) is 11.8. The van der Waals surface area contributed by atoms with Crippen LogP contribution >= 0.6 is 11.3 Å². The number of aryl methyl sites for hydroxylation is 2. The van der Waals surface area contributed by atoms with E-state index in [0.29, 0.717) is 23.3 Å². The number of aromatic nitrogens is 1. The number of hydrogen-bond donors (Lipinski definition) is 0. The van der Waals surface area contributed by atoms with Gasteiger partial charge in [-0.05, 0) is 61.2 Å². The molecule has 0 saturated carbocycles. The van der Waals surface area contributed by atoms with Crippen molar-refractivity contribution in [2.45, 2.75) is 33.7 Å². The highest BCUT2D eigenvalue weighted by atomic mass is 32.1. The number of rotatable bonds is 7. The predicted octanol–water partition coefficient (Wildman–Crippen LogP) is 6.93. The van der Waals surface area contributed by atoms with Crippen LogP contribution < -0.4 is 0 Å². The Bertz CT molecular complexity index is 1630. The van der Waals surface area contributed by atoms with Crippen LogP contribution in [0.5, 0.6) is 0 Å². The Hall–Kier alpha value is -4.03. The smallest absolute Gasteiger partial charge is 0.331 e. The molecule has 0 bridgehead atoms. The van der Waals surface area contributed by atoms with E-state index in [0.717, 1.165) is 44.4 Å². The van der Waals surface area contributed by atoms with Gasteiger partial charge in [0.15, 0.2) is 5.78 Å². The zero-order valence-corrected chi connectivity index (χ0v) is 21.3. The van der Waals surface area contributed by atoms with Gasteiger partial charge >= 0.3 is 5.97 Å². The van der Waals surface area contributed by atoms with Crippen LogP contribution in [0.2, 0.25) is 0 Å². The molecular weight excluding hydrogens is 468 g/mol. The lowest BCUT2D eigenvalue weighted by Gasteiger charge is -2.07. The summed E-state index contributed by atoms with van der Waals surface area (Å²) in [7, 11) is 0. The number of benzene rings is 3. The molecule has 5 nitrogen and oxygen atoms in total.